The minimum absolute atomic E-state index is 0.285. The maximum atomic E-state index is 12.4. The zero-order valence-electron chi connectivity index (χ0n) is 11.4. The molecule has 2 heterocycles. The van der Waals surface area contributed by atoms with Crippen molar-refractivity contribution < 1.29 is 14.7 Å². The van der Waals surface area contributed by atoms with Crippen molar-refractivity contribution in [2.45, 2.75) is 32.2 Å². The molecule has 0 spiro atoms. The van der Waals surface area contributed by atoms with Gasteiger partial charge >= 0.3 is 0 Å². The molecule has 1 aliphatic heterocycles. The van der Waals surface area contributed by atoms with Crippen LogP contribution in [0, 0.1) is 0 Å². The molecular weight excluding hydrogens is 326 g/mol. The van der Waals surface area contributed by atoms with Crippen LogP contribution in [0.3, 0.4) is 0 Å². The van der Waals surface area contributed by atoms with Crippen LogP contribution < -0.4 is 5.11 Å². The molecule has 112 valence electrons. The standard InChI is InChI=1S/C14H15NO3S3/c1-2-3-6-10(13(17)18)15-12(16)11(21-14(15)19)8-9-5-4-7-20-9/h4-5,7-8,10H,2-3,6H2,1H3,(H,17,18)/p-1/t10-/m0/s1. The first kappa shape index (κ1) is 16.2. The van der Waals surface area contributed by atoms with Gasteiger partial charge in [-0.3, -0.25) is 9.69 Å². The summed E-state index contributed by atoms with van der Waals surface area (Å²) < 4.78 is 0.285. The number of rotatable bonds is 6. The number of unbranched alkanes of at least 4 members (excludes halogenated alkanes) is 1. The lowest BCUT2D eigenvalue weighted by atomic mass is 10.1. The number of thiocarbonyl (C=S) groups is 1. The van der Waals surface area contributed by atoms with Crippen LogP contribution >= 0.6 is 35.3 Å². The van der Waals surface area contributed by atoms with Crippen LogP contribution in [0.5, 0.6) is 0 Å². The quantitative estimate of drug-likeness (QED) is 0.587. The second-order valence-corrected chi connectivity index (χ2v) is 7.20. The molecule has 0 unspecified atom stereocenters. The summed E-state index contributed by atoms with van der Waals surface area (Å²) in [5.74, 6) is -1.60. The van der Waals surface area contributed by atoms with Gasteiger partial charge in [0.05, 0.1) is 16.9 Å². The van der Waals surface area contributed by atoms with Gasteiger partial charge in [-0.1, -0.05) is 49.8 Å². The van der Waals surface area contributed by atoms with Crippen LogP contribution in [0.1, 0.15) is 31.1 Å². The normalized spacial score (nSPS) is 18.5. The van der Waals surface area contributed by atoms with Gasteiger partial charge in [-0.15, -0.1) is 11.3 Å². The molecule has 0 aliphatic carbocycles. The van der Waals surface area contributed by atoms with Gasteiger partial charge in [0, 0.05) is 4.88 Å². The maximum Gasteiger partial charge on any atom is 0.266 e. The predicted octanol–water partition coefficient (Wildman–Crippen LogP) is 2.26. The smallest absolute Gasteiger partial charge is 0.266 e. The van der Waals surface area contributed by atoms with E-state index in [1.807, 2.05) is 24.4 Å². The summed E-state index contributed by atoms with van der Waals surface area (Å²) in [4.78, 5) is 26.3. The highest BCUT2D eigenvalue weighted by Gasteiger charge is 2.37. The van der Waals surface area contributed by atoms with E-state index in [-0.39, 0.29) is 10.2 Å². The van der Waals surface area contributed by atoms with E-state index in [0.29, 0.717) is 17.7 Å². The number of aliphatic carboxylic acids is 1. The third-order valence-corrected chi connectivity index (χ3v) is 5.20. The number of hydrogen-bond donors (Lipinski definition) is 0. The Morgan fingerprint density at radius 3 is 2.90 bits per heavy atom. The predicted molar refractivity (Wildman–Crippen MR) is 87.7 cm³/mol. The second kappa shape index (κ2) is 7.20. The van der Waals surface area contributed by atoms with E-state index < -0.39 is 12.0 Å². The van der Waals surface area contributed by atoms with Crippen molar-refractivity contribution in [2.75, 3.05) is 0 Å². The monoisotopic (exact) mass is 340 g/mol. The van der Waals surface area contributed by atoms with Crippen LogP contribution in [0.4, 0.5) is 0 Å². The van der Waals surface area contributed by atoms with Gasteiger partial charge in [0.15, 0.2) is 0 Å². The van der Waals surface area contributed by atoms with Crippen molar-refractivity contribution in [1.29, 1.82) is 0 Å². The Bertz CT molecular complexity index is 580. The molecule has 1 aromatic heterocycles. The number of hydrogen-bond acceptors (Lipinski definition) is 6. The molecule has 7 heteroatoms. The van der Waals surface area contributed by atoms with Crippen LogP contribution in [-0.4, -0.2) is 27.1 Å². The highest BCUT2D eigenvalue weighted by Crippen LogP contribution is 2.35. The molecule has 4 nitrogen and oxygen atoms in total. The van der Waals surface area contributed by atoms with E-state index in [0.717, 1.165) is 23.1 Å². The van der Waals surface area contributed by atoms with Crippen LogP contribution in [0.2, 0.25) is 0 Å². The zero-order chi connectivity index (χ0) is 15.4. The number of nitrogens with zero attached hydrogens (tertiary/aromatic N) is 1. The first-order valence-electron chi connectivity index (χ1n) is 6.56. The number of carbonyl (C=O) groups excluding carboxylic acids is 2. The highest BCUT2D eigenvalue weighted by atomic mass is 32.2. The fourth-order valence-corrected chi connectivity index (χ4v) is 4.08. The Balaban J connectivity index is 2.22. The summed E-state index contributed by atoms with van der Waals surface area (Å²) >= 11 is 7.83. The molecule has 1 saturated heterocycles. The van der Waals surface area contributed by atoms with Crippen molar-refractivity contribution in [3.8, 4) is 0 Å². The summed E-state index contributed by atoms with van der Waals surface area (Å²) in [7, 11) is 0. The summed E-state index contributed by atoms with van der Waals surface area (Å²) in [6.07, 6.45) is 3.66. The van der Waals surface area contributed by atoms with E-state index in [1.165, 1.54) is 16.2 Å². The first-order valence-corrected chi connectivity index (χ1v) is 8.66. The Hall–Kier alpha value is -1.18. The minimum Gasteiger partial charge on any atom is -0.548 e. The van der Waals surface area contributed by atoms with Gasteiger partial charge in [0.1, 0.15) is 4.32 Å². The molecule has 0 saturated carbocycles. The van der Waals surface area contributed by atoms with Gasteiger partial charge in [0.2, 0.25) is 0 Å². The number of carboxylic acids is 1. The van der Waals surface area contributed by atoms with Gasteiger partial charge in [-0.2, -0.15) is 0 Å². The Morgan fingerprint density at radius 1 is 1.57 bits per heavy atom. The van der Waals surface area contributed by atoms with E-state index in [4.69, 9.17) is 12.2 Å². The number of thiophene rings is 1. The SMILES string of the molecule is CCCC[C@@H](C(=O)[O-])N1C(=O)C(=Cc2cccs2)SC1=S. The van der Waals surface area contributed by atoms with Crippen molar-refractivity contribution in [1.82, 2.24) is 4.90 Å². The van der Waals surface area contributed by atoms with E-state index in [9.17, 15) is 14.7 Å². The van der Waals surface area contributed by atoms with E-state index >= 15 is 0 Å². The summed E-state index contributed by atoms with van der Waals surface area (Å²) in [5.41, 5.74) is 0. The van der Waals surface area contributed by atoms with Crippen LogP contribution in [-0.2, 0) is 9.59 Å². The molecule has 1 amide bonds. The average molecular weight is 340 g/mol. The summed E-state index contributed by atoms with van der Waals surface area (Å²) in [6.45, 7) is 1.97. The molecule has 1 aromatic rings. The van der Waals surface area contributed by atoms with Crippen molar-refractivity contribution >= 4 is 57.6 Å². The Morgan fingerprint density at radius 2 is 2.33 bits per heavy atom. The maximum absolute atomic E-state index is 12.4. The highest BCUT2D eigenvalue weighted by molar-refractivity contribution is 8.26. The van der Waals surface area contributed by atoms with Gasteiger partial charge in [0.25, 0.3) is 5.91 Å². The number of carbonyl (C=O) groups is 2. The molecule has 1 fully saturated rings. The Labute approximate surface area is 136 Å². The fourth-order valence-electron chi connectivity index (χ4n) is 2.00. The fraction of sp³-hybridized carbons (Fsp3) is 0.357. The molecule has 0 N–H and O–H groups in total. The van der Waals surface area contributed by atoms with Crippen LogP contribution in [0.15, 0.2) is 22.4 Å². The minimum atomic E-state index is -1.25. The molecular formula is C14H14NO3S3-. The van der Waals surface area contributed by atoms with Gasteiger partial charge in [-0.05, 0) is 23.9 Å². The lowest BCUT2D eigenvalue weighted by molar-refractivity contribution is -0.310. The number of thioether (sulfide) groups is 1. The lowest BCUT2D eigenvalue weighted by Crippen LogP contribution is -2.49. The third kappa shape index (κ3) is 3.72. The Kier molecular flexibility index (Phi) is 5.55. The lowest BCUT2D eigenvalue weighted by Gasteiger charge is -2.27. The van der Waals surface area contributed by atoms with Crippen molar-refractivity contribution in [3.63, 3.8) is 0 Å². The topological polar surface area (TPSA) is 60.4 Å². The number of carboxylic acid groups (broad SMARTS) is 1. The molecule has 21 heavy (non-hydrogen) atoms. The third-order valence-electron chi connectivity index (χ3n) is 3.05. The average Bonchev–Trinajstić information content (AvgIpc) is 3.02. The summed E-state index contributed by atoms with van der Waals surface area (Å²) in [6, 6.07) is 2.80. The van der Waals surface area contributed by atoms with Gasteiger partial charge in [-0.25, -0.2) is 0 Å². The van der Waals surface area contributed by atoms with E-state index in [2.05, 4.69) is 0 Å². The molecule has 0 radical (unpaired) electrons. The molecule has 1 aliphatic rings. The molecule has 0 bridgehead atoms. The van der Waals surface area contributed by atoms with Gasteiger partial charge < -0.3 is 9.90 Å². The molecule has 2 rings (SSSR count). The van der Waals surface area contributed by atoms with Crippen LogP contribution in [0.25, 0.3) is 6.08 Å². The van der Waals surface area contributed by atoms with Crippen molar-refractivity contribution in [2.24, 2.45) is 0 Å². The van der Waals surface area contributed by atoms with Crippen molar-refractivity contribution in [3.05, 3.63) is 27.3 Å². The zero-order valence-corrected chi connectivity index (χ0v) is 13.9. The second-order valence-electron chi connectivity index (χ2n) is 4.54. The molecule has 0 aromatic carbocycles. The largest absolute Gasteiger partial charge is 0.548 e. The first-order chi connectivity index (χ1) is 10.0. The van der Waals surface area contributed by atoms with E-state index in [1.54, 1.807) is 6.08 Å². The molecule has 1 atom stereocenters. The number of amides is 1. The summed E-state index contributed by atoms with van der Waals surface area (Å²) in [5, 5.41) is 13.2.